The number of benzene rings is 1. The Morgan fingerprint density at radius 2 is 2.09 bits per heavy atom. The molecular weight excluding hydrogens is 395 g/mol. The summed E-state index contributed by atoms with van der Waals surface area (Å²) in [5.41, 5.74) is 0.559. The molecule has 0 aliphatic heterocycles. The zero-order valence-corrected chi connectivity index (χ0v) is 14.0. The summed E-state index contributed by atoms with van der Waals surface area (Å²) >= 11 is 2.01. The van der Waals surface area contributed by atoms with Gasteiger partial charge in [-0.2, -0.15) is 5.26 Å². The van der Waals surface area contributed by atoms with Crippen molar-refractivity contribution in [3.63, 3.8) is 0 Å². The number of carbonyl (C=O) groups excluding carboxylic acids is 1. The molecular formula is C16H13IN2O3. The second-order valence-electron chi connectivity index (χ2n) is 4.22. The number of hydrogen-bond acceptors (Lipinski definition) is 4. The number of ether oxygens (including phenoxy) is 1. The predicted molar refractivity (Wildman–Crippen MR) is 91.3 cm³/mol. The maximum absolute atomic E-state index is 12.1. The van der Waals surface area contributed by atoms with Crippen LogP contribution in [0.1, 0.15) is 12.7 Å². The molecule has 0 saturated heterocycles. The van der Waals surface area contributed by atoms with Crippen molar-refractivity contribution in [1.82, 2.24) is 0 Å². The number of rotatable bonds is 5. The van der Waals surface area contributed by atoms with Crippen LogP contribution in [0.5, 0.6) is 5.75 Å². The number of hydrogen-bond donors (Lipinski definition) is 1. The van der Waals surface area contributed by atoms with Gasteiger partial charge < -0.3 is 14.5 Å². The molecule has 0 aliphatic rings. The lowest BCUT2D eigenvalue weighted by atomic mass is 10.2. The zero-order valence-electron chi connectivity index (χ0n) is 11.8. The fraction of sp³-hybridized carbons (Fsp3) is 0.125. The van der Waals surface area contributed by atoms with Crippen molar-refractivity contribution in [2.24, 2.45) is 0 Å². The van der Waals surface area contributed by atoms with Crippen LogP contribution in [0.2, 0.25) is 0 Å². The van der Waals surface area contributed by atoms with E-state index in [1.54, 1.807) is 36.4 Å². The molecule has 2 rings (SSSR count). The molecule has 2 aromatic rings. The van der Waals surface area contributed by atoms with Crippen molar-refractivity contribution >= 4 is 40.3 Å². The number of carbonyl (C=O) groups is 1. The number of nitrogens with zero attached hydrogens (tertiary/aromatic N) is 1. The molecule has 1 amide bonds. The van der Waals surface area contributed by atoms with Gasteiger partial charge in [0.15, 0.2) is 3.77 Å². The van der Waals surface area contributed by atoms with E-state index in [0.717, 1.165) is 5.75 Å². The Morgan fingerprint density at radius 3 is 2.64 bits per heavy atom. The van der Waals surface area contributed by atoms with E-state index in [0.29, 0.717) is 21.8 Å². The van der Waals surface area contributed by atoms with Gasteiger partial charge >= 0.3 is 0 Å². The van der Waals surface area contributed by atoms with Gasteiger partial charge in [0.05, 0.1) is 6.61 Å². The van der Waals surface area contributed by atoms with Crippen molar-refractivity contribution in [2.45, 2.75) is 6.92 Å². The molecule has 0 radical (unpaired) electrons. The van der Waals surface area contributed by atoms with Gasteiger partial charge in [-0.05, 0) is 65.9 Å². The molecule has 6 heteroatoms. The van der Waals surface area contributed by atoms with E-state index in [4.69, 9.17) is 14.4 Å². The topological polar surface area (TPSA) is 75.3 Å². The Morgan fingerprint density at radius 1 is 1.36 bits per heavy atom. The Bertz CT molecular complexity index is 727. The van der Waals surface area contributed by atoms with Gasteiger partial charge in [-0.3, -0.25) is 4.79 Å². The van der Waals surface area contributed by atoms with Gasteiger partial charge in [-0.1, -0.05) is 0 Å². The minimum atomic E-state index is -0.488. The van der Waals surface area contributed by atoms with Crippen molar-refractivity contribution < 1.29 is 13.9 Å². The van der Waals surface area contributed by atoms with Gasteiger partial charge in [0, 0.05) is 11.8 Å². The first-order chi connectivity index (χ1) is 10.6. The van der Waals surface area contributed by atoms with Crippen molar-refractivity contribution in [1.29, 1.82) is 5.26 Å². The maximum atomic E-state index is 12.1. The average molecular weight is 408 g/mol. The number of furan rings is 1. The molecule has 0 spiro atoms. The highest BCUT2D eigenvalue weighted by atomic mass is 127. The molecule has 112 valence electrons. The van der Waals surface area contributed by atoms with Crippen molar-refractivity contribution in [2.75, 3.05) is 11.9 Å². The van der Waals surface area contributed by atoms with Crippen LogP contribution >= 0.6 is 22.6 Å². The number of halogens is 1. The SMILES string of the molecule is CCOc1ccc(NC(=O)C(C#N)=Cc2ccc(I)o2)cc1. The summed E-state index contributed by atoms with van der Waals surface area (Å²) in [6.07, 6.45) is 1.41. The molecule has 0 unspecified atom stereocenters. The second-order valence-corrected chi connectivity index (χ2v) is 5.29. The molecule has 1 aromatic carbocycles. The Labute approximate surface area is 141 Å². The number of nitriles is 1. The van der Waals surface area contributed by atoms with Crippen LogP contribution in [-0.2, 0) is 4.79 Å². The Balaban J connectivity index is 2.09. The zero-order chi connectivity index (χ0) is 15.9. The van der Waals surface area contributed by atoms with Gasteiger partial charge in [-0.25, -0.2) is 0 Å². The minimum absolute atomic E-state index is 0.0281. The van der Waals surface area contributed by atoms with E-state index in [1.807, 2.05) is 35.6 Å². The van der Waals surface area contributed by atoms with Gasteiger partial charge in [0.2, 0.25) is 0 Å². The van der Waals surface area contributed by atoms with Crippen molar-refractivity contribution in [3.05, 3.63) is 51.5 Å². The minimum Gasteiger partial charge on any atom is -0.494 e. The van der Waals surface area contributed by atoms with E-state index in [-0.39, 0.29) is 5.57 Å². The molecule has 0 fully saturated rings. The van der Waals surface area contributed by atoms with E-state index in [2.05, 4.69) is 5.32 Å². The molecule has 22 heavy (non-hydrogen) atoms. The maximum Gasteiger partial charge on any atom is 0.266 e. The van der Waals surface area contributed by atoms with E-state index >= 15 is 0 Å². The quantitative estimate of drug-likeness (QED) is 0.464. The highest BCUT2D eigenvalue weighted by molar-refractivity contribution is 14.1. The molecule has 1 aromatic heterocycles. The molecule has 0 atom stereocenters. The lowest BCUT2D eigenvalue weighted by Gasteiger charge is -2.06. The summed E-state index contributed by atoms with van der Waals surface area (Å²) < 4.78 is 11.3. The van der Waals surface area contributed by atoms with Gasteiger partial charge in [0.1, 0.15) is 23.2 Å². The van der Waals surface area contributed by atoms with E-state index in [9.17, 15) is 4.79 Å². The highest BCUT2D eigenvalue weighted by Gasteiger charge is 2.10. The summed E-state index contributed by atoms with van der Waals surface area (Å²) in [7, 11) is 0. The van der Waals surface area contributed by atoms with E-state index in [1.165, 1.54) is 6.08 Å². The number of amides is 1. The highest BCUT2D eigenvalue weighted by Crippen LogP contribution is 2.17. The molecule has 1 N–H and O–H groups in total. The standard InChI is InChI=1S/C16H13IN2O3/c1-2-21-13-5-3-12(4-6-13)19-16(20)11(10-18)9-14-7-8-15(17)22-14/h3-9H,2H2,1H3,(H,19,20). The third kappa shape index (κ3) is 4.36. The van der Waals surface area contributed by atoms with Crippen LogP contribution < -0.4 is 10.1 Å². The molecule has 1 heterocycles. The summed E-state index contributed by atoms with van der Waals surface area (Å²) in [5.74, 6) is 0.697. The van der Waals surface area contributed by atoms with Crippen LogP contribution in [0, 0.1) is 15.1 Å². The van der Waals surface area contributed by atoms with Crippen LogP contribution in [-0.4, -0.2) is 12.5 Å². The largest absolute Gasteiger partial charge is 0.494 e. The smallest absolute Gasteiger partial charge is 0.266 e. The first-order valence-corrected chi connectivity index (χ1v) is 7.61. The van der Waals surface area contributed by atoms with Crippen molar-refractivity contribution in [3.8, 4) is 11.8 Å². The summed E-state index contributed by atoms with van der Waals surface area (Å²) in [6, 6.07) is 12.3. The monoisotopic (exact) mass is 408 g/mol. The Hall–Kier alpha value is -2.27. The third-order valence-electron chi connectivity index (χ3n) is 2.67. The first kappa shape index (κ1) is 16.1. The first-order valence-electron chi connectivity index (χ1n) is 6.53. The second kappa shape index (κ2) is 7.66. The Kier molecular flexibility index (Phi) is 5.61. The van der Waals surface area contributed by atoms with E-state index < -0.39 is 5.91 Å². The summed E-state index contributed by atoms with van der Waals surface area (Å²) in [6.45, 7) is 2.48. The molecule has 5 nitrogen and oxygen atoms in total. The fourth-order valence-electron chi connectivity index (χ4n) is 1.70. The van der Waals surface area contributed by atoms with Crippen LogP contribution in [0.15, 0.2) is 46.4 Å². The lowest BCUT2D eigenvalue weighted by Crippen LogP contribution is -2.13. The van der Waals surface area contributed by atoms with Crippen LogP contribution in [0.25, 0.3) is 6.08 Å². The van der Waals surface area contributed by atoms with Gasteiger partial charge in [-0.15, -0.1) is 0 Å². The normalized spacial score (nSPS) is 10.9. The van der Waals surface area contributed by atoms with Crippen LogP contribution in [0.4, 0.5) is 5.69 Å². The summed E-state index contributed by atoms with van der Waals surface area (Å²) in [5, 5.41) is 11.8. The molecule has 0 bridgehead atoms. The lowest BCUT2D eigenvalue weighted by molar-refractivity contribution is -0.112. The summed E-state index contributed by atoms with van der Waals surface area (Å²) in [4.78, 5) is 12.1. The fourth-order valence-corrected chi connectivity index (χ4v) is 2.13. The molecule has 0 saturated carbocycles. The average Bonchev–Trinajstić information content (AvgIpc) is 2.92. The third-order valence-corrected chi connectivity index (χ3v) is 3.25. The number of anilines is 1. The molecule has 0 aliphatic carbocycles. The predicted octanol–water partition coefficient (Wildman–Crippen LogP) is 3.83. The van der Waals surface area contributed by atoms with Gasteiger partial charge in [0.25, 0.3) is 5.91 Å². The number of nitrogens with one attached hydrogen (secondary N) is 1. The van der Waals surface area contributed by atoms with Crippen LogP contribution in [0.3, 0.4) is 0 Å².